The van der Waals surface area contributed by atoms with Crippen molar-refractivity contribution in [2.75, 3.05) is 0 Å². The highest BCUT2D eigenvalue weighted by Crippen LogP contribution is 2.32. The van der Waals surface area contributed by atoms with Crippen LogP contribution in [0.5, 0.6) is 5.75 Å². The van der Waals surface area contributed by atoms with Crippen LogP contribution < -0.4 is 5.73 Å². The summed E-state index contributed by atoms with van der Waals surface area (Å²) in [5.74, 6) is -0.658. The smallest absolute Gasteiger partial charge is 0.221 e. The van der Waals surface area contributed by atoms with Gasteiger partial charge in [-0.15, -0.1) is 0 Å². The minimum Gasteiger partial charge on any atom is -0.505 e. The molecule has 0 aliphatic rings. The molecule has 0 saturated heterocycles. The maximum atomic E-state index is 10.5. The number of benzene rings is 1. The van der Waals surface area contributed by atoms with Crippen LogP contribution in [0.15, 0.2) is 12.1 Å². The van der Waals surface area contributed by atoms with E-state index >= 15 is 0 Å². The molecule has 0 unspecified atom stereocenters. The number of carbonyl (C=O) groups is 1. The summed E-state index contributed by atoms with van der Waals surface area (Å²) in [5.41, 5.74) is 5.56. The molecule has 70 valence electrons. The number of nitrogens with two attached hydrogens (primary N) is 1. The molecule has 1 aromatic carbocycles. The minimum absolute atomic E-state index is 0.0553. The lowest BCUT2D eigenvalue weighted by molar-refractivity contribution is -0.117. The van der Waals surface area contributed by atoms with Crippen molar-refractivity contribution < 1.29 is 9.90 Å². The average Bonchev–Trinajstić information content (AvgIpc) is 1.98. The average molecular weight is 220 g/mol. The normalized spacial score (nSPS) is 10.0. The molecule has 0 aliphatic heterocycles. The molecule has 0 heterocycles. The first-order valence-corrected chi connectivity index (χ1v) is 4.21. The van der Waals surface area contributed by atoms with Gasteiger partial charge in [0.25, 0.3) is 0 Å². The van der Waals surface area contributed by atoms with Gasteiger partial charge >= 0.3 is 0 Å². The van der Waals surface area contributed by atoms with Crippen molar-refractivity contribution in [3.63, 3.8) is 0 Å². The lowest BCUT2D eigenvalue weighted by atomic mass is 10.1. The Balaban J connectivity index is 3.06. The summed E-state index contributed by atoms with van der Waals surface area (Å²) in [6, 6.07) is 2.90. The van der Waals surface area contributed by atoms with E-state index in [1.54, 1.807) is 0 Å². The molecular formula is C8H7Cl2NO2. The van der Waals surface area contributed by atoms with Crippen molar-refractivity contribution in [3.05, 3.63) is 27.7 Å². The van der Waals surface area contributed by atoms with E-state index in [1.165, 1.54) is 12.1 Å². The molecule has 0 spiro atoms. The predicted molar refractivity (Wildman–Crippen MR) is 51.0 cm³/mol. The first-order chi connectivity index (χ1) is 6.00. The van der Waals surface area contributed by atoms with Crippen LogP contribution in [0.3, 0.4) is 0 Å². The highest BCUT2D eigenvalue weighted by Gasteiger charge is 2.07. The van der Waals surface area contributed by atoms with Crippen molar-refractivity contribution in [2.24, 2.45) is 5.73 Å². The fraction of sp³-hybridized carbons (Fsp3) is 0.125. The molecule has 0 radical (unpaired) electrons. The molecule has 0 aromatic heterocycles. The Kier molecular flexibility index (Phi) is 3.01. The quantitative estimate of drug-likeness (QED) is 0.796. The van der Waals surface area contributed by atoms with E-state index in [-0.39, 0.29) is 22.2 Å². The largest absolute Gasteiger partial charge is 0.505 e. The fourth-order valence-electron chi connectivity index (χ4n) is 0.921. The number of amides is 1. The van der Waals surface area contributed by atoms with E-state index in [0.717, 1.165) is 0 Å². The van der Waals surface area contributed by atoms with E-state index in [1.807, 2.05) is 0 Å². The van der Waals surface area contributed by atoms with E-state index in [2.05, 4.69) is 0 Å². The fourth-order valence-corrected chi connectivity index (χ4v) is 1.45. The number of aromatic hydroxyl groups is 1. The van der Waals surface area contributed by atoms with Crippen molar-refractivity contribution in [1.82, 2.24) is 0 Å². The Labute approximate surface area is 85.1 Å². The summed E-state index contributed by atoms with van der Waals surface area (Å²) in [7, 11) is 0. The Hall–Kier alpha value is -0.930. The first-order valence-electron chi connectivity index (χ1n) is 3.46. The van der Waals surface area contributed by atoms with E-state index < -0.39 is 5.91 Å². The van der Waals surface area contributed by atoms with Gasteiger partial charge in [0.1, 0.15) is 0 Å². The number of phenols is 1. The minimum atomic E-state index is -0.474. The van der Waals surface area contributed by atoms with Crippen molar-refractivity contribution in [2.45, 2.75) is 6.42 Å². The van der Waals surface area contributed by atoms with Crippen LogP contribution in [-0.2, 0) is 11.2 Å². The van der Waals surface area contributed by atoms with E-state index in [9.17, 15) is 9.90 Å². The summed E-state index contributed by atoms with van der Waals surface area (Å²) in [6.45, 7) is 0. The molecular weight excluding hydrogens is 213 g/mol. The lowest BCUT2D eigenvalue weighted by Crippen LogP contribution is -2.13. The van der Waals surface area contributed by atoms with Gasteiger partial charge in [0, 0.05) is 0 Å². The monoisotopic (exact) mass is 219 g/mol. The van der Waals surface area contributed by atoms with Gasteiger partial charge in [-0.1, -0.05) is 23.2 Å². The van der Waals surface area contributed by atoms with Gasteiger partial charge in [-0.2, -0.15) is 0 Å². The van der Waals surface area contributed by atoms with Crippen LogP contribution >= 0.6 is 23.2 Å². The van der Waals surface area contributed by atoms with Gasteiger partial charge in [-0.05, 0) is 17.7 Å². The van der Waals surface area contributed by atoms with Crippen LogP contribution in [-0.4, -0.2) is 11.0 Å². The van der Waals surface area contributed by atoms with Crippen molar-refractivity contribution >= 4 is 29.1 Å². The second-order valence-corrected chi connectivity index (χ2v) is 3.37. The molecule has 0 saturated carbocycles. The Morgan fingerprint density at radius 1 is 1.38 bits per heavy atom. The molecule has 0 fully saturated rings. The number of halogens is 2. The maximum Gasteiger partial charge on any atom is 0.221 e. The van der Waals surface area contributed by atoms with Gasteiger partial charge in [-0.3, -0.25) is 4.79 Å². The molecule has 13 heavy (non-hydrogen) atoms. The first kappa shape index (κ1) is 10.2. The predicted octanol–water partition coefficient (Wildman–Crippen LogP) is 1.73. The molecule has 0 aliphatic carbocycles. The molecule has 0 bridgehead atoms. The zero-order valence-corrected chi connectivity index (χ0v) is 8.06. The molecule has 3 N–H and O–H groups in total. The third kappa shape index (κ3) is 2.50. The number of carbonyl (C=O) groups excluding carboxylic acids is 1. The number of hydrogen-bond acceptors (Lipinski definition) is 2. The molecule has 1 amide bonds. The highest BCUT2D eigenvalue weighted by molar-refractivity contribution is 6.37. The van der Waals surface area contributed by atoms with Gasteiger partial charge in [0.05, 0.1) is 16.5 Å². The van der Waals surface area contributed by atoms with Gasteiger partial charge < -0.3 is 10.8 Å². The maximum absolute atomic E-state index is 10.5. The highest BCUT2D eigenvalue weighted by atomic mass is 35.5. The number of rotatable bonds is 2. The number of hydrogen-bond donors (Lipinski definition) is 2. The van der Waals surface area contributed by atoms with Crippen LogP contribution in [0.1, 0.15) is 5.56 Å². The summed E-state index contributed by atoms with van der Waals surface area (Å²) in [6.07, 6.45) is 0.0553. The van der Waals surface area contributed by atoms with Crippen molar-refractivity contribution in [3.8, 4) is 5.75 Å². The Bertz CT molecular complexity index is 329. The van der Waals surface area contributed by atoms with Crippen LogP contribution in [0, 0.1) is 0 Å². The van der Waals surface area contributed by atoms with Crippen LogP contribution in [0.4, 0.5) is 0 Å². The Morgan fingerprint density at radius 3 is 2.23 bits per heavy atom. The molecule has 5 heteroatoms. The van der Waals surface area contributed by atoms with E-state index in [0.29, 0.717) is 5.56 Å². The standard InChI is InChI=1S/C8H7Cl2NO2/c9-5-1-4(3-7(11)12)2-6(10)8(5)13/h1-2,13H,3H2,(H2,11,12). The summed E-state index contributed by atoms with van der Waals surface area (Å²) >= 11 is 11.2. The number of phenolic OH excluding ortho intramolecular Hbond substituents is 1. The second-order valence-electron chi connectivity index (χ2n) is 2.55. The van der Waals surface area contributed by atoms with Gasteiger partial charge in [0.15, 0.2) is 5.75 Å². The second kappa shape index (κ2) is 3.85. The zero-order valence-electron chi connectivity index (χ0n) is 6.55. The summed E-state index contributed by atoms with van der Waals surface area (Å²) in [5, 5.41) is 9.41. The summed E-state index contributed by atoms with van der Waals surface area (Å²) in [4.78, 5) is 10.5. The zero-order chi connectivity index (χ0) is 10.0. The molecule has 1 rings (SSSR count). The van der Waals surface area contributed by atoms with Crippen molar-refractivity contribution in [1.29, 1.82) is 0 Å². The molecule has 3 nitrogen and oxygen atoms in total. The number of primary amides is 1. The SMILES string of the molecule is NC(=O)Cc1cc(Cl)c(O)c(Cl)c1. The van der Waals surface area contributed by atoms with Crippen LogP contribution in [0.25, 0.3) is 0 Å². The third-order valence-corrected chi connectivity index (χ3v) is 2.03. The van der Waals surface area contributed by atoms with Gasteiger partial charge in [-0.25, -0.2) is 0 Å². The topological polar surface area (TPSA) is 63.3 Å². The summed E-state index contributed by atoms with van der Waals surface area (Å²) < 4.78 is 0. The van der Waals surface area contributed by atoms with E-state index in [4.69, 9.17) is 28.9 Å². The molecule has 1 aromatic rings. The lowest BCUT2D eigenvalue weighted by Gasteiger charge is -2.03. The Morgan fingerprint density at radius 2 is 1.85 bits per heavy atom. The molecule has 0 atom stereocenters. The van der Waals surface area contributed by atoms with Gasteiger partial charge in [0.2, 0.25) is 5.91 Å². The third-order valence-electron chi connectivity index (χ3n) is 1.46. The van der Waals surface area contributed by atoms with Crippen LogP contribution in [0.2, 0.25) is 10.0 Å².